The lowest BCUT2D eigenvalue weighted by Crippen LogP contribution is -2.37. The molecule has 0 bridgehead atoms. The second-order valence-corrected chi connectivity index (χ2v) is 9.51. The fraction of sp³-hybridized carbons (Fsp3) is 0.379. The van der Waals surface area contributed by atoms with Crippen LogP contribution in [0.2, 0.25) is 0 Å². The van der Waals surface area contributed by atoms with E-state index in [2.05, 4.69) is 27.4 Å². The van der Waals surface area contributed by atoms with Crippen molar-refractivity contribution >= 4 is 17.7 Å². The van der Waals surface area contributed by atoms with Gasteiger partial charge >= 0.3 is 5.97 Å². The summed E-state index contributed by atoms with van der Waals surface area (Å²) in [6.45, 7) is 3.39. The Bertz CT molecular complexity index is 1200. The van der Waals surface area contributed by atoms with Crippen LogP contribution < -0.4 is 5.32 Å². The molecule has 1 amide bonds. The predicted octanol–water partition coefficient (Wildman–Crippen LogP) is 4.88. The van der Waals surface area contributed by atoms with E-state index in [1.807, 2.05) is 54.3 Å². The maximum atomic E-state index is 13.3. The Morgan fingerprint density at radius 3 is 2.42 bits per heavy atom. The van der Waals surface area contributed by atoms with E-state index in [9.17, 15) is 9.59 Å². The van der Waals surface area contributed by atoms with Gasteiger partial charge in [0, 0.05) is 30.1 Å². The first-order valence-electron chi connectivity index (χ1n) is 12.8. The number of hydrogen-bond acceptors (Lipinski definition) is 6. The van der Waals surface area contributed by atoms with Crippen molar-refractivity contribution in [2.24, 2.45) is 5.92 Å². The van der Waals surface area contributed by atoms with Crippen LogP contribution in [0.25, 0.3) is 11.1 Å². The van der Waals surface area contributed by atoms with E-state index in [-0.39, 0.29) is 23.8 Å². The van der Waals surface area contributed by atoms with E-state index < -0.39 is 0 Å². The van der Waals surface area contributed by atoms with Gasteiger partial charge in [0.15, 0.2) is 0 Å². The van der Waals surface area contributed by atoms with Crippen molar-refractivity contribution in [1.29, 1.82) is 0 Å². The molecule has 2 aliphatic rings. The van der Waals surface area contributed by atoms with Crippen LogP contribution >= 0.6 is 0 Å². The summed E-state index contributed by atoms with van der Waals surface area (Å²) in [5.41, 5.74) is 4.89. The van der Waals surface area contributed by atoms with Gasteiger partial charge in [-0.15, -0.1) is 0 Å². The largest absolute Gasteiger partial charge is 0.466 e. The summed E-state index contributed by atoms with van der Waals surface area (Å²) in [5, 5.41) is 3.58. The third-order valence-corrected chi connectivity index (χ3v) is 7.22. The molecule has 0 atom stereocenters. The molecule has 5 rings (SSSR count). The van der Waals surface area contributed by atoms with Gasteiger partial charge in [-0.05, 0) is 55.9 Å². The van der Waals surface area contributed by atoms with Crippen molar-refractivity contribution in [2.45, 2.75) is 51.6 Å². The molecule has 2 aromatic carbocycles. The molecular formula is C29H32N4O3. The van der Waals surface area contributed by atoms with Crippen molar-refractivity contribution in [3.05, 3.63) is 77.7 Å². The Hall–Kier alpha value is -3.74. The Morgan fingerprint density at radius 1 is 0.972 bits per heavy atom. The molecule has 2 heterocycles. The third-order valence-electron chi connectivity index (χ3n) is 7.22. The summed E-state index contributed by atoms with van der Waals surface area (Å²) in [6.07, 6.45) is 5.71. The van der Waals surface area contributed by atoms with Crippen LogP contribution in [0.5, 0.6) is 0 Å². The average molecular weight is 485 g/mol. The van der Waals surface area contributed by atoms with Crippen LogP contribution in [0.1, 0.15) is 54.2 Å². The number of anilines is 1. The van der Waals surface area contributed by atoms with Crippen LogP contribution in [0.15, 0.2) is 60.9 Å². The van der Waals surface area contributed by atoms with Gasteiger partial charge in [0.25, 0.3) is 5.91 Å². The highest BCUT2D eigenvalue weighted by Gasteiger charge is 2.29. The molecule has 0 spiro atoms. The predicted molar refractivity (Wildman–Crippen MR) is 138 cm³/mol. The zero-order valence-corrected chi connectivity index (χ0v) is 20.7. The Morgan fingerprint density at radius 2 is 1.69 bits per heavy atom. The average Bonchev–Trinajstić information content (AvgIpc) is 2.94. The first-order chi connectivity index (χ1) is 17.6. The number of aromatic nitrogens is 2. The number of amides is 1. The van der Waals surface area contributed by atoms with Gasteiger partial charge in [-0.2, -0.15) is 0 Å². The topological polar surface area (TPSA) is 84.4 Å². The van der Waals surface area contributed by atoms with E-state index in [0.29, 0.717) is 31.7 Å². The number of nitrogens with zero attached hydrogens (tertiary/aromatic N) is 3. The number of ether oxygens (including phenoxy) is 1. The molecule has 186 valence electrons. The molecule has 7 heteroatoms. The number of fused-ring (bicyclic) bond motifs is 1. The highest BCUT2D eigenvalue weighted by Crippen LogP contribution is 2.30. The van der Waals surface area contributed by atoms with E-state index in [1.54, 1.807) is 6.33 Å². The maximum absolute atomic E-state index is 13.3. The Balaban J connectivity index is 1.25. The summed E-state index contributed by atoms with van der Waals surface area (Å²) in [5.74, 6) is 0.728. The second-order valence-electron chi connectivity index (χ2n) is 9.51. The normalized spacial score (nSPS) is 19.3. The molecule has 0 unspecified atom stereocenters. The summed E-state index contributed by atoms with van der Waals surface area (Å²) in [7, 11) is 0. The second kappa shape index (κ2) is 10.9. The molecule has 1 fully saturated rings. The van der Waals surface area contributed by atoms with Crippen LogP contribution in [-0.4, -0.2) is 45.9 Å². The Labute approximate surface area is 211 Å². The molecule has 7 nitrogen and oxygen atoms in total. The zero-order chi connectivity index (χ0) is 24.9. The number of rotatable bonds is 6. The molecule has 0 radical (unpaired) electrons. The van der Waals surface area contributed by atoms with Gasteiger partial charge in [-0.1, -0.05) is 42.5 Å². The van der Waals surface area contributed by atoms with Crippen molar-refractivity contribution in [3.8, 4) is 11.1 Å². The van der Waals surface area contributed by atoms with Crippen LogP contribution in [0.3, 0.4) is 0 Å². The van der Waals surface area contributed by atoms with Gasteiger partial charge in [0.05, 0.1) is 24.8 Å². The molecule has 1 aliphatic carbocycles. The third kappa shape index (κ3) is 5.25. The van der Waals surface area contributed by atoms with E-state index >= 15 is 0 Å². The van der Waals surface area contributed by atoms with Crippen molar-refractivity contribution in [3.63, 3.8) is 0 Å². The number of carbonyl (C=O) groups is 2. The highest BCUT2D eigenvalue weighted by atomic mass is 16.5. The molecule has 1 N–H and O–H groups in total. The SMILES string of the molecule is CCOC(=O)C1CCC(Nc2ncnc3c2CN(C(=O)c2ccc(-c4ccccc4)cc2)CC3)CC1. The summed E-state index contributed by atoms with van der Waals surface area (Å²) < 4.78 is 5.19. The quantitative estimate of drug-likeness (QED) is 0.502. The fourth-order valence-electron chi connectivity index (χ4n) is 5.18. The molecule has 1 saturated carbocycles. The van der Waals surface area contributed by atoms with E-state index in [4.69, 9.17) is 4.74 Å². The minimum Gasteiger partial charge on any atom is -0.466 e. The Kier molecular flexibility index (Phi) is 7.26. The van der Waals surface area contributed by atoms with Gasteiger partial charge in [0.1, 0.15) is 12.1 Å². The molecule has 36 heavy (non-hydrogen) atoms. The van der Waals surface area contributed by atoms with Gasteiger partial charge in [-0.25, -0.2) is 9.97 Å². The number of esters is 1. The zero-order valence-electron chi connectivity index (χ0n) is 20.7. The molecule has 1 aliphatic heterocycles. The van der Waals surface area contributed by atoms with Crippen LogP contribution in [-0.2, 0) is 22.5 Å². The minimum absolute atomic E-state index is 0.0105. The minimum atomic E-state index is -0.0821. The maximum Gasteiger partial charge on any atom is 0.308 e. The highest BCUT2D eigenvalue weighted by molar-refractivity contribution is 5.95. The van der Waals surface area contributed by atoms with E-state index in [0.717, 1.165) is 53.9 Å². The van der Waals surface area contributed by atoms with Crippen molar-refractivity contribution in [1.82, 2.24) is 14.9 Å². The summed E-state index contributed by atoms with van der Waals surface area (Å²) >= 11 is 0. The monoisotopic (exact) mass is 484 g/mol. The van der Waals surface area contributed by atoms with Crippen molar-refractivity contribution < 1.29 is 14.3 Å². The summed E-state index contributed by atoms with van der Waals surface area (Å²) in [6, 6.07) is 18.2. The molecule has 3 aromatic rings. The van der Waals surface area contributed by atoms with Crippen LogP contribution in [0.4, 0.5) is 5.82 Å². The number of carbonyl (C=O) groups excluding carboxylic acids is 2. The van der Waals surface area contributed by atoms with Gasteiger partial charge < -0.3 is 15.0 Å². The summed E-state index contributed by atoms with van der Waals surface area (Å²) in [4.78, 5) is 36.3. The lowest BCUT2D eigenvalue weighted by molar-refractivity contribution is -0.149. The van der Waals surface area contributed by atoms with Crippen molar-refractivity contribution in [2.75, 3.05) is 18.5 Å². The van der Waals surface area contributed by atoms with Crippen LogP contribution in [0, 0.1) is 5.92 Å². The smallest absolute Gasteiger partial charge is 0.308 e. The lowest BCUT2D eigenvalue weighted by Gasteiger charge is -2.32. The van der Waals surface area contributed by atoms with E-state index in [1.165, 1.54) is 0 Å². The first-order valence-corrected chi connectivity index (χ1v) is 12.8. The number of nitrogens with one attached hydrogen (secondary N) is 1. The standard InChI is InChI=1S/C29H32N4O3/c1-2-36-29(35)23-12-14-24(15-13-23)32-27-25-18-33(17-16-26(25)30-19-31-27)28(34)22-10-8-21(9-11-22)20-6-4-3-5-7-20/h3-11,19,23-24H,2,12-18H2,1H3,(H,30,31,32). The fourth-order valence-corrected chi connectivity index (χ4v) is 5.18. The van der Waals surface area contributed by atoms with Gasteiger partial charge in [0.2, 0.25) is 0 Å². The number of benzene rings is 2. The van der Waals surface area contributed by atoms with Gasteiger partial charge in [-0.3, -0.25) is 9.59 Å². The number of hydrogen-bond donors (Lipinski definition) is 1. The molecular weight excluding hydrogens is 452 g/mol. The molecule has 1 aromatic heterocycles. The molecule has 0 saturated heterocycles. The first kappa shape index (κ1) is 24.0. The lowest BCUT2D eigenvalue weighted by atomic mass is 9.86.